The number of halogens is 2. The Hall–Kier alpha value is -0.220. The van der Waals surface area contributed by atoms with Crippen molar-refractivity contribution in [3.05, 3.63) is 0 Å². The summed E-state index contributed by atoms with van der Waals surface area (Å²) in [7, 11) is 0. The smallest absolute Gasteiger partial charge is 0.251 e. The highest BCUT2D eigenvalue weighted by Gasteiger charge is 2.36. The third kappa shape index (κ3) is 4.81. The third-order valence-electron chi connectivity index (χ3n) is 3.62. The molecule has 2 atom stereocenters. The van der Waals surface area contributed by atoms with Crippen molar-refractivity contribution >= 4 is 0 Å². The first-order valence-electron chi connectivity index (χ1n) is 6.95. The molecule has 1 aliphatic heterocycles. The van der Waals surface area contributed by atoms with Crippen LogP contribution >= 0.6 is 0 Å². The van der Waals surface area contributed by atoms with Gasteiger partial charge in [0.25, 0.3) is 6.43 Å². The van der Waals surface area contributed by atoms with Crippen molar-refractivity contribution in [2.75, 3.05) is 19.6 Å². The maximum atomic E-state index is 12.7. The van der Waals surface area contributed by atoms with Gasteiger partial charge in [-0.05, 0) is 17.8 Å². The Labute approximate surface area is 110 Å². The van der Waals surface area contributed by atoms with E-state index >= 15 is 0 Å². The van der Waals surface area contributed by atoms with E-state index in [1.807, 2.05) is 4.90 Å². The maximum absolute atomic E-state index is 12.7. The lowest BCUT2D eigenvalue weighted by molar-refractivity contribution is 0.00326. The molecule has 0 aliphatic carbocycles. The van der Waals surface area contributed by atoms with Gasteiger partial charge in [-0.3, -0.25) is 4.90 Å². The second kappa shape index (κ2) is 6.29. The molecule has 18 heavy (non-hydrogen) atoms. The van der Waals surface area contributed by atoms with Crippen molar-refractivity contribution in [3.8, 4) is 0 Å². The predicted octanol–water partition coefficient (Wildman–Crippen LogP) is 2.99. The number of piperazine rings is 1. The average molecular weight is 262 g/mol. The van der Waals surface area contributed by atoms with Crippen molar-refractivity contribution in [2.24, 2.45) is 11.3 Å². The van der Waals surface area contributed by atoms with Crippen LogP contribution in [0, 0.1) is 11.3 Å². The van der Waals surface area contributed by atoms with E-state index in [0.717, 1.165) is 19.5 Å². The van der Waals surface area contributed by atoms with E-state index in [0.29, 0.717) is 12.0 Å². The standard InChI is InChI=1S/C14H28F2N2/c1-10(2)6-11-8-18(9-13(15)16)12(7-17-11)14(3,4)5/h10-13,17H,6-9H2,1-5H3. The Morgan fingerprint density at radius 2 is 1.89 bits per heavy atom. The van der Waals surface area contributed by atoms with E-state index in [1.54, 1.807) is 0 Å². The minimum atomic E-state index is -2.24. The highest BCUT2D eigenvalue weighted by atomic mass is 19.3. The Balaban J connectivity index is 2.67. The molecule has 0 aromatic carbocycles. The SMILES string of the molecule is CC(C)CC1CN(CC(F)F)C(C(C)(C)C)CN1. The molecule has 4 heteroatoms. The van der Waals surface area contributed by atoms with E-state index in [9.17, 15) is 8.78 Å². The fourth-order valence-electron chi connectivity index (χ4n) is 2.84. The lowest BCUT2D eigenvalue weighted by Gasteiger charge is -2.46. The van der Waals surface area contributed by atoms with Gasteiger partial charge in [0.2, 0.25) is 0 Å². The average Bonchev–Trinajstić information content (AvgIpc) is 2.13. The Bertz CT molecular complexity index is 249. The summed E-state index contributed by atoms with van der Waals surface area (Å²) in [6.07, 6.45) is -1.19. The molecule has 1 saturated heterocycles. The van der Waals surface area contributed by atoms with E-state index < -0.39 is 6.43 Å². The first-order valence-corrected chi connectivity index (χ1v) is 6.95. The summed E-state index contributed by atoms with van der Waals surface area (Å²) in [5.74, 6) is 0.599. The monoisotopic (exact) mass is 262 g/mol. The van der Waals surface area contributed by atoms with Crippen molar-refractivity contribution in [1.29, 1.82) is 0 Å². The van der Waals surface area contributed by atoms with E-state index in [1.165, 1.54) is 0 Å². The van der Waals surface area contributed by atoms with Gasteiger partial charge in [0.1, 0.15) is 0 Å². The molecule has 0 aromatic rings. The Kier molecular flexibility index (Phi) is 5.53. The van der Waals surface area contributed by atoms with Crippen LogP contribution in [0.15, 0.2) is 0 Å². The van der Waals surface area contributed by atoms with E-state index in [4.69, 9.17) is 0 Å². The van der Waals surface area contributed by atoms with Crippen molar-refractivity contribution < 1.29 is 8.78 Å². The molecule has 0 spiro atoms. The zero-order valence-electron chi connectivity index (χ0n) is 12.3. The largest absolute Gasteiger partial charge is 0.311 e. The zero-order chi connectivity index (χ0) is 13.9. The summed E-state index contributed by atoms with van der Waals surface area (Å²) in [5, 5.41) is 3.52. The number of alkyl halides is 2. The molecule has 0 saturated carbocycles. The molecule has 1 fully saturated rings. The first-order chi connectivity index (χ1) is 8.20. The van der Waals surface area contributed by atoms with Crippen molar-refractivity contribution in [2.45, 2.75) is 59.5 Å². The van der Waals surface area contributed by atoms with Crippen LogP contribution in [-0.2, 0) is 0 Å². The quantitative estimate of drug-likeness (QED) is 0.838. The molecular weight excluding hydrogens is 234 g/mol. The van der Waals surface area contributed by atoms with Crippen LogP contribution in [0.5, 0.6) is 0 Å². The molecule has 0 bridgehead atoms. The van der Waals surface area contributed by atoms with Crippen molar-refractivity contribution in [1.82, 2.24) is 10.2 Å². The highest BCUT2D eigenvalue weighted by Crippen LogP contribution is 2.27. The summed E-state index contributed by atoms with van der Waals surface area (Å²) >= 11 is 0. The zero-order valence-corrected chi connectivity index (χ0v) is 12.3. The molecule has 1 aliphatic rings. The van der Waals surface area contributed by atoms with Gasteiger partial charge >= 0.3 is 0 Å². The molecular formula is C14H28F2N2. The molecule has 0 amide bonds. The minimum absolute atomic E-state index is 0.0324. The minimum Gasteiger partial charge on any atom is -0.311 e. The number of hydrogen-bond acceptors (Lipinski definition) is 2. The maximum Gasteiger partial charge on any atom is 0.251 e. The van der Waals surface area contributed by atoms with Gasteiger partial charge in [-0.2, -0.15) is 0 Å². The van der Waals surface area contributed by atoms with Gasteiger partial charge < -0.3 is 5.32 Å². The van der Waals surface area contributed by atoms with Crippen LogP contribution in [0.1, 0.15) is 41.0 Å². The third-order valence-corrected chi connectivity index (χ3v) is 3.62. The molecule has 1 rings (SSSR count). The summed E-state index contributed by atoms with van der Waals surface area (Å²) < 4.78 is 25.4. The van der Waals surface area contributed by atoms with Gasteiger partial charge in [0, 0.05) is 25.2 Å². The lowest BCUT2D eigenvalue weighted by atomic mass is 9.83. The fraction of sp³-hybridized carbons (Fsp3) is 1.00. The fourth-order valence-corrected chi connectivity index (χ4v) is 2.84. The molecule has 2 nitrogen and oxygen atoms in total. The van der Waals surface area contributed by atoms with Crippen LogP contribution in [0.3, 0.4) is 0 Å². The molecule has 0 radical (unpaired) electrons. The summed E-state index contributed by atoms with van der Waals surface area (Å²) in [6.45, 7) is 12.2. The second-order valence-corrected chi connectivity index (χ2v) is 6.96. The van der Waals surface area contributed by atoms with Gasteiger partial charge in [0.05, 0.1) is 6.54 Å². The number of nitrogens with one attached hydrogen (secondary N) is 1. The number of hydrogen-bond donors (Lipinski definition) is 1. The van der Waals surface area contributed by atoms with Gasteiger partial charge in [-0.25, -0.2) is 8.78 Å². The highest BCUT2D eigenvalue weighted by molar-refractivity contribution is 4.92. The van der Waals surface area contributed by atoms with Crippen LogP contribution in [0.25, 0.3) is 0 Å². The molecule has 1 N–H and O–H groups in total. The predicted molar refractivity (Wildman–Crippen MR) is 72.1 cm³/mol. The van der Waals surface area contributed by atoms with Crippen LogP contribution < -0.4 is 5.32 Å². The number of rotatable bonds is 4. The normalized spacial score (nSPS) is 27.2. The number of nitrogens with zero attached hydrogens (tertiary/aromatic N) is 1. The molecule has 1 heterocycles. The summed E-state index contributed by atoms with van der Waals surface area (Å²) in [5.41, 5.74) is 0.0324. The summed E-state index contributed by atoms with van der Waals surface area (Å²) in [6, 6.07) is 0.539. The van der Waals surface area contributed by atoms with Crippen LogP contribution in [-0.4, -0.2) is 43.0 Å². The van der Waals surface area contributed by atoms with Gasteiger partial charge in [0.15, 0.2) is 0 Å². The van der Waals surface area contributed by atoms with E-state index in [-0.39, 0.29) is 18.0 Å². The lowest BCUT2D eigenvalue weighted by Crippen LogP contribution is -2.61. The molecule has 2 unspecified atom stereocenters. The Morgan fingerprint density at radius 3 is 2.33 bits per heavy atom. The van der Waals surface area contributed by atoms with Crippen LogP contribution in [0.4, 0.5) is 8.78 Å². The van der Waals surface area contributed by atoms with E-state index in [2.05, 4.69) is 39.9 Å². The van der Waals surface area contributed by atoms with Crippen LogP contribution in [0.2, 0.25) is 0 Å². The Morgan fingerprint density at radius 1 is 1.28 bits per heavy atom. The van der Waals surface area contributed by atoms with Crippen molar-refractivity contribution in [3.63, 3.8) is 0 Å². The second-order valence-electron chi connectivity index (χ2n) is 6.96. The van der Waals surface area contributed by atoms with Gasteiger partial charge in [-0.1, -0.05) is 34.6 Å². The molecule has 108 valence electrons. The first kappa shape index (κ1) is 15.8. The summed E-state index contributed by atoms with van der Waals surface area (Å²) in [4.78, 5) is 1.98. The topological polar surface area (TPSA) is 15.3 Å². The molecule has 0 aromatic heterocycles. The van der Waals surface area contributed by atoms with Gasteiger partial charge in [-0.15, -0.1) is 0 Å².